The van der Waals surface area contributed by atoms with Crippen molar-refractivity contribution in [3.8, 4) is 0 Å². The number of hydrogen-bond donors (Lipinski definition) is 2. The Morgan fingerprint density at radius 2 is 1.82 bits per heavy atom. The second kappa shape index (κ2) is 4.97. The number of fused-ring (bicyclic) bond motifs is 1. The van der Waals surface area contributed by atoms with Crippen molar-refractivity contribution in [2.45, 2.75) is 64.5 Å². The maximum atomic E-state index is 12.1. The molecule has 2 N–H and O–H groups in total. The predicted molar refractivity (Wildman–Crippen MR) is 69.8 cm³/mol. The summed E-state index contributed by atoms with van der Waals surface area (Å²) < 4.78 is 0. The Hall–Kier alpha value is -0.570. The molecule has 0 aromatic rings. The molecule has 1 aliphatic heterocycles. The van der Waals surface area contributed by atoms with Crippen LogP contribution in [0.5, 0.6) is 0 Å². The van der Waals surface area contributed by atoms with Gasteiger partial charge in [0.05, 0.1) is 6.04 Å². The van der Waals surface area contributed by atoms with Gasteiger partial charge in [-0.1, -0.05) is 19.3 Å². The van der Waals surface area contributed by atoms with Gasteiger partial charge in [-0.2, -0.15) is 0 Å². The monoisotopic (exact) mass is 238 g/mol. The molecule has 98 valence electrons. The Morgan fingerprint density at radius 3 is 2.47 bits per heavy atom. The third-order valence-electron chi connectivity index (χ3n) is 4.05. The Bertz CT molecular complexity index is 282. The Kier molecular flexibility index (Phi) is 3.76. The zero-order valence-corrected chi connectivity index (χ0v) is 11.4. The van der Waals surface area contributed by atoms with Crippen LogP contribution in [0.3, 0.4) is 0 Å². The highest BCUT2D eigenvalue weighted by Crippen LogP contribution is 2.35. The van der Waals surface area contributed by atoms with Gasteiger partial charge in [-0.3, -0.25) is 4.79 Å². The summed E-state index contributed by atoms with van der Waals surface area (Å²) in [6, 6.07) is 0.0357. The molecular weight excluding hydrogens is 212 g/mol. The van der Waals surface area contributed by atoms with E-state index in [1.54, 1.807) is 0 Å². The molecule has 3 atom stereocenters. The highest BCUT2D eigenvalue weighted by atomic mass is 16.2. The smallest absolute Gasteiger partial charge is 0.237 e. The molecule has 0 aromatic carbocycles. The van der Waals surface area contributed by atoms with Crippen molar-refractivity contribution in [1.29, 1.82) is 0 Å². The summed E-state index contributed by atoms with van der Waals surface area (Å²) in [5.41, 5.74) is -0.123. The molecule has 0 bridgehead atoms. The second-order valence-corrected chi connectivity index (χ2v) is 6.74. The minimum absolute atomic E-state index is 0.0357. The van der Waals surface area contributed by atoms with E-state index in [9.17, 15) is 4.79 Å². The van der Waals surface area contributed by atoms with Crippen LogP contribution in [0.1, 0.15) is 52.9 Å². The second-order valence-electron chi connectivity index (χ2n) is 6.74. The molecule has 1 heterocycles. The number of rotatable bonds is 1. The Balaban J connectivity index is 1.89. The summed E-state index contributed by atoms with van der Waals surface area (Å²) in [5, 5.41) is 6.51. The highest BCUT2D eigenvalue weighted by molar-refractivity contribution is 5.82. The van der Waals surface area contributed by atoms with E-state index in [1.807, 2.05) is 20.8 Å². The van der Waals surface area contributed by atoms with Crippen LogP contribution in [0.15, 0.2) is 0 Å². The number of carbonyl (C=O) groups excluding carboxylic acids is 1. The predicted octanol–water partition coefficient (Wildman–Crippen LogP) is 2.07. The molecule has 17 heavy (non-hydrogen) atoms. The number of piperidine rings is 1. The van der Waals surface area contributed by atoms with Crippen molar-refractivity contribution >= 4 is 5.91 Å². The molecule has 2 aliphatic rings. The van der Waals surface area contributed by atoms with E-state index in [0.29, 0.717) is 0 Å². The first kappa shape index (κ1) is 12.9. The van der Waals surface area contributed by atoms with E-state index in [1.165, 1.54) is 25.7 Å². The molecule has 0 spiro atoms. The lowest BCUT2D eigenvalue weighted by Gasteiger charge is -2.40. The van der Waals surface area contributed by atoms with Gasteiger partial charge >= 0.3 is 0 Å². The van der Waals surface area contributed by atoms with Crippen molar-refractivity contribution in [2.24, 2.45) is 11.8 Å². The number of nitrogens with one attached hydrogen (secondary N) is 2. The van der Waals surface area contributed by atoms with Gasteiger partial charge in [-0.15, -0.1) is 0 Å². The number of hydrogen-bond acceptors (Lipinski definition) is 2. The van der Waals surface area contributed by atoms with E-state index >= 15 is 0 Å². The van der Waals surface area contributed by atoms with Crippen LogP contribution >= 0.6 is 0 Å². The van der Waals surface area contributed by atoms with E-state index in [-0.39, 0.29) is 17.5 Å². The van der Waals surface area contributed by atoms with Crippen molar-refractivity contribution in [1.82, 2.24) is 10.6 Å². The molecule has 2 rings (SSSR count). The minimum atomic E-state index is -0.123. The van der Waals surface area contributed by atoms with Gasteiger partial charge < -0.3 is 10.6 Å². The van der Waals surface area contributed by atoms with Crippen molar-refractivity contribution in [2.75, 3.05) is 6.54 Å². The Labute approximate surface area is 105 Å². The van der Waals surface area contributed by atoms with E-state index in [0.717, 1.165) is 24.8 Å². The molecular formula is C14H26N2O. The summed E-state index contributed by atoms with van der Waals surface area (Å²) in [5.74, 6) is 1.78. The highest BCUT2D eigenvalue weighted by Gasteiger charge is 2.35. The first-order chi connectivity index (χ1) is 7.96. The standard InChI is InChI=1S/C14H26N2O/c1-14(2,3)16-13(17)12-8-10-6-4-5-7-11(10)9-15-12/h10-12,15H,4-9H2,1-3H3,(H,16,17)/t10?,11?,12-/m0/s1. The molecule has 2 fully saturated rings. The normalized spacial score (nSPS) is 33.9. The lowest BCUT2D eigenvalue weighted by atomic mass is 9.73. The van der Waals surface area contributed by atoms with Crippen LogP contribution in [0, 0.1) is 11.8 Å². The quantitative estimate of drug-likeness (QED) is 0.734. The zero-order valence-electron chi connectivity index (χ0n) is 11.4. The molecule has 0 aromatic heterocycles. The summed E-state index contributed by atoms with van der Waals surface area (Å²) in [4.78, 5) is 12.1. The Morgan fingerprint density at radius 1 is 1.18 bits per heavy atom. The SMILES string of the molecule is CC(C)(C)NC(=O)[C@@H]1CC2CCCCC2CN1. The first-order valence-corrected chi connectivity index (χ1v) is 7.01. The topological polar surface area (TPSA) is 41.1 Å². The molecule has 1 saturated carbocycles. The summed E-state index contributed by atoms with van der Waals surface area (Å²) in [7, 11) is 0. The molecule has 1 saturated heterocycles. The summed E-state index contributed by atoms with van der Waals surface area (Å²) in [6.45, 7) is 7.15. The van der Waals surface area contributed by atoms with Crippen LogP contribution < -0.4 is 10.6 Å². The molecule has 1 amide bonds. The number of amides is 1. The van der Waals surface area contributed by atoms with Crippen LogP contribution in [0.4, 0.5) is 0 Å². The maximum Gasteiger partial charge on any atom is 0.237 e. The lowest BCUT2D eigenvalue weighted by Crippen LogP contribution is -2.55. The average Bonchev–Trinajstić information content (AvgIpc) is 2.26. The minimum Gasteiger partial charge on any atom is -0.350 e. The van der Waals surface area contributed by atoms with Crippen LogP contribution in [-0.4, -0.2) is 24.0 Å². The van der Waals surface area contributed by atoms with Gasteiger partial charge in [0.1, 0.15) is 0 Å². The molecule has 0 radical (unpaired) electrons. The number of carbonyl (C=O) groups is 1. The zero-order chi connectivity index (χ0) is 12.5. The van der Waals surface area contributed by atoms with E-state index in [2.05, 4.69) is 10.6 Å². The van der Waals surface area contributed by atoms with Crippen LogP contribution in [-0.2, 0) is 4.79 Å². The van der Waals surface area contributed by atoms with E-state index < -0.39 is 0 Å². The van der Waals surface area contributed by atoms with Crippen LogP contribution in [0.25, 0.3) is 0 Å². The van der Waals surface area contributed by atoms with Gasteiger partial charge in [-0.05, 0) is 52.0 Å². The van der Waals surface area contributed by atoms with Crippen LogP contribution in [0.2, 0.25) is 0 Å². The average molecular weight is 238 g/mol. The summed E-state index contributed by atoms with van der Waals surface area (Å²) in [6.07, 6.45) is 6.44. The molecule has 3 nitrogen and oxygen atoms in total. The van der Waals surface area contributed by atoms with E-state index in [4.69, 9.17) is 0 Å². The van der Waals surface area contributed by atoms with Gasteiger partial charge in [-0.25, -0.2) is 0 Å². The van der Waals surface area contributed by atoms with Gasteiger partial charge in [0.2, 0.25) is 5.91 Å². The maximum absolute atomic E-state index is 12.1. The first-order valence-electron chi connectivity index (χ1n) is 7.01. The van der Waals surface area contributed by atoms with Gasteiger partial charge in [0.15, 0.2) is 0 Å². The van der Waals surface area contributed by atoms with Crippen molar-refractivity contribution in [3.05, 3.63) is 0 Å². The van der Waals surface area contributed by atoms with Crippen molar-refractivity contribution < 1.29 is 4.79 Å². The fourth-order valence-corrected chi connectivity index (χ4v) is 3.20. The van der Waals surface area contributed by atoms with Gasteiger partial charge in [0.25, 0.3) is 0 Å². The fraction of sp³-hybridized carbons (Fsp3) is 0.929. The molecule has 3 heteroatoms. The van der Waals surface area contributed by atoms with Gasteiger partial charge in [0, 0.05) is 5.54 Å². The lowest BCUT2D eigenvalue weighted by molar-refractivity contribution is -0.126. The third kappa shape index (κ3) is 3.44. The molecule has 2 unspecified atom stereocenters. The van der Waals surface area contributed by atoms with Crippen molar-refractivity contribution in [3.63, 3.8) is 0 Å². The largest absolute Gasteiger partial charge is 0.350 e. The fourth-order valence-electron chi connectivity index (χ4n) is 3.20. The molecule has 1 aliphatic carbocycles. The third-order valence-corrected chi connectivity index (χ3v) is 4.05. The summed E-state index contributed by atoms with van der Waals surface area (Å²) >= 11 is 0.